The zero-order chi connectivity index (χ0) is 25.3. The van der Waals surface area contributed by atoms with Crippen LogP contribution in [0.1, 0.15) is 31.2 Å². The van der Waals surface area contributed by atoms with Crippen LogP contribution in [0.15, 0.2) is 35.7 Å². The number of methoxy groups -OCH3 is 1. The zero-order valence-electron chi connectivity index (χ0n) is 19.2. The van der Waals surface area contributed by atoms with Gasteiger partial charge in [0.1, 0.15) is 5.75 Å². The number of hydroxylamine groups is 2. The first-order valence-electron chi connectivity index (χ1n) is 10.6. The maximum Gasteiger partial charge on any atom is 0.516 e. The second-order valence-electron chi connectivity index (χ2n) is 8.49. The predicted octanol–water partition coefficient (Wildman–Crippen LogP) is 4.59. The van der Waals surface area contributed by atoms with Gasteiger partial charge in [0.25, 0.3) is 0 Å². The first-order chi connectivity index (χ1) is 15.8. The second kappa shape index (κ2) is 10.1. The van der Waals surface area contributed by atoms with Crippen LogP contribution in [0.25, 0.3) is 0 Å². The number of carbonyl (C=O) groups is 1. The lowest BCUT2D eigenvalue weighted by molar-refractivity contribution is -0.176. The molecule has 0 radical (unpaired) electrons. The molecular weight excluding hydrogens is 493 g/mol. The molecule has 2 unspecified atom stereocenters. The van der Waals surface area contributed by atoms with Gasteiger partial charge in [-0.05, 0) is 48.4 Å². The van der Waals surface area contributed by atoms with Gasteiger partial charge in [0.15, 0.2) is 0 Å². The van der Waals surface area contributed by atoms with Crippen molar-refractivity contribution in [3.8, 4) is 5.75 Å². The smallest absolute Gasteiger partial charge is 0.497 e. The Hall–Kier alpha value is -2.31. The van der Waals surface area contributed by atoms with Gasteiger partial charge in [-0.3, -0.25) is 4.31 Å². The number of hydrogen-bond donors (Lipinski definition) is 0. The first-order valence-corrected chi connectivity index (χ1v) is 12.9. The fourth-order valence-corrected chi connectivity index (χ4v) is 5.70. The summed E-state index contributed by atoms with van der Waals surface area (Å²) in [5, 5.41) is 3.10. The Bertz CT molecular complexity index is 1100. The minimum absolute atomic E-state index is 0.0636. The van der Waals surface area contributed by atoms with E-state index in [2.05, 4.69) is 0 Å². The van der Waals surface area contributed by atoms with Crippen molar-refractivity contribution in [2.75, 3.05) is 18.0 Å². The molecule has 1 saturated heterocycles. The average Bonchev–Trinajstić information content (AvgIpc) is 3.31. The second-order valence-corrected chi connectivity index (χ2v) is 11.3. The van der Waals surface area contributed by atoms with Crippen LogP contribution in [0.2, 0.25) is 0 Å². The molecule has 1 aromatic carbocycles. The van der Waals surface area contributed by atoms with E-state index in [0.29, 0.717) is 27.0 Å². The van der Waals surface area contributed by atoms with Gasteiger partial charge in [-0.1, -0.05) is 26.0 Å². The lowest BCUT2D eigenvalue weighted by Gasteiger charge is -2.26. The monoisotopic (exact) mass is 520 g/mol. The average molecular weight is 521 g/mol. The van der Waals surface area contributed by atoms with Crippen molar-refractivity contribution in [3.05, 3.63) is 46.2 Å². The summed E-state index contributed by atoms with van der Waals surface area (Å²) in [6.07, 6.45) is 0.0636. The van der Waals surface area contributed by atoms with Crippen molar-refractivity contribution in [2.45, 2.75) is 45.3 Å². The standard InChI is InChI=1S/C22H27F3N2O5S2/c1-14(2)12-26-15(3)18(21(28)32-26)11-20-19(9-10-33-20)27(34(29,30)22(23,24)25)13-16-5-7-17(31-4)8-6-16/h5-10,14-15,18H,11-13H2,1-4H3. The van der Waals surface area contributed by atoms with E-state index in [1.165, 1.54) is 30.7 Å². The minimum atomic E-state index is -5.70. The summed E-state index contributed by atoms with van der Waals surface area (Å²) in [6.45, 7) is 5.76. The van der Waals surface area contributed by atoms with Crippen LogP contribution in [0, 0.1) is 11.8 Å². The van der Waals surface area contributed by atoms with Gasteiger partial charge >= 0.3 is 21.5 Å². The van der Waals surface area contributed by atoms with E-state index in [4.69, 9.17) is 9.57 Å². The lowest BCUT2D eigenvalue weighted by Crippen LogP contribution is -2.41. The van der Waals surface area contributed by atoms with Crippen molar-refractivity contribution in [1.82, 2.24) is 5.06 Å². The van der Waals surface area contributed by atoms with Gasteiger partial charge in [0, 0.05) is 11.4 Å². The Morgan fingerprint density at radius 1 is 1.21 bits per heavy atom. The third-order valence-corrected chi connectivity index (χ3v) is 7.98. The summed E-state index contributed by atoms with van der Waals surface area (Å²) in [5.41, 5.74) is -5.24. The number of anilines is 1. The van der Waals surface area contributed by atoms with Crippen molar-refractivity contribution >= 4 is 33.0 Å². The van der Waals surface area contributed by atoms with Crippen LogP contribution in [-0.2, 0) is 32.6 Å². The van der Waals surface area contributed by atoms with Crippen LogP contribution in [0.3, 0.4) is 0 Å². The molecule has 0 saturated carbocycles. The lowest BCUT2D eigenvalue weighted by atomic mass is 9.97. The Balaban J connectivity index is 1.94. The maximum absolute atomic E-state index is 13.6. The summed E-state index contributed by atoms with van der Waals surface area (Å²) >= 11 is 1.11. The molecule has 0 N–H and O–H groups in total. The van der Waals surface area contributed by atoms with Gasteiger partial charge in [0.05, 0.1) is 31.3 Å². The predicted molar refractivity (Wildman–Crippen MR) is 123 cm³/mol. The van der Waals surface area contributed by atoms with E-state index < -0.39 is 34.0 Å². The maximum atomic E-state index is 13.6. The zero-order valence-corrected chi connectivity index (χ0v) is 20.8. The highest BCUT2D eigenvalue weighted by Gasteiger charge is 2.51. The van der Waals surface area contributed by atoms with E-state index in [1.807, 2.05) is 20.8 Å². The number of rotatable bonds is 9. The molecule has 0 spiro atoms. The first kappa shape index (κ1) is 26.3. The number of alkyl halides is 3. The number of nitrogens with zero attached hydrogens (tertiary/aromatic N) is 2. The van der Waals surface area contributed by atoms with E-state index in [-0.39, 0.29) is 24.1 Å². The molecule has 1 aromatic heterocycles. The number of benzene rings is 1. The Morgan fingerprint density at radius 2 is 1.85 bits per heavy atom. The summed E-state index contributed by atoms with van der Waals surface area (Å²) in [6, 6.07) is 7.13. The third-order valence-electron chi connectivity index (χ3n) is 5.56. The molecule has 1 fully saturated rings. The highest BCUT2D eigenvalue weighted by atomic mass is 32.2. The van der Waals surface area contributed by atoms with Crippen molar-refractivity contribution < 1.29 is 36.0 Å². The fraction of sp³-hybridized carbons (Fsp3) is 0.500. The van der Waals surface area contributed by atoms with Crippen LogP contribution in [-0.4, -0.2) is 44.7 Å². The molecule has 3 rings (SSSR count). The fourth-order valence-electron chi connectivity index (χ4n) is 3.71. The molecule has 2 atom stereocenters. The van der Waals surface area contributed by atoms with Gasteiger partial charge in [0.2, 0.25) is 0 Å². The van der Waals surface area contributed by atoms with E-state index >= 15 is 0 Å². The summed E-state index contributed by atoms with van der Waals surface area (Å²) in [4.78, 5) is 18.2. The molecule has 2 aromatic rings. The molecule has 1 aliphatic rings. The topological polar surface area (TPSA) is 76.2 Å². The summed E-state index contributed by atoms with van der Waals surface area (Å²) < 4.78 is 71.3. The summed E-state index contributed by atoms with van der Waals surface area (Å²) in [5.74, 6) is -0.381. The van der Waals surface area contributed by atoms with Crippen molar-refractivity contribution in [3.63, 3.8) is 0 Å². The Morgan fingerprint density at radius 3 is 2.41 bits per heavy atom. The largest absolute Gasteiger partial charge is 0.516 e. The normalized spacial score (nSPS) is 19.5. The highest BCUT2D eigenvalue weighted by Crippen LogP contribution is 2.39. The number of halogens is 3. The molecule has 12 heteroatoms. The molecule has 0 bridgehead atoms. The molecular formula is C22H27F3N2O5S2. The van der Waals surface area contributed by atoms with Crippen LogP contribution in [0.4, 0.5) is 18.9 Å². The Labute approximate surface area is 201 Å². The molecule has 34 heavy (non-hydrogen) atoms. The third kappa shape index (κ3) is 5.49. The SMILES string of the molecule is COc1ccc(CN(c2ccsc2CC2C(=O)ON(CC(C)C)C2C)S(=O)(=O)C(F)(F)F)cc1. The van der Waals surface area contributed by atoms with Crippen LogP contribution >= 0.6 is 11.3 Å². The van der Waals surface area contributed by atoms with Crippen molar-refractivity contribution in [2.24, 2.45) is 11.8 Å². The molecule has 7 nitrogen and oxygen atoms in total. The quantitative estimate of drug-likeness (QED) is 0.482. The molecule has 2 heterocycles. The van der Waals surface area contributed by atoms with Gasteiger partial charge in [-0.15, -0.1) is 16.4 Å². The van der Waals surface area contributed by atoms with Crippen LogP contribution < -0.4 is 9.04 Å². The number of sulfonamides is 1. The van der Waals surface area contributed by atoms with Crippen molar-refractivity contribution in [1.29, 1.82) is 0 Å². The summed E-state index contributed by atoms with van der Waals surface area (Å²) in [7, 11) is -4.25. The van der Waals surface area contributed by atoms with Gasteiger partial charge in [-0.25, -0.2) is 4.79 Å². The minimum Gasteiger partial charge on any atom is -0.497 e. The number of hydrogen-bond acceptors (Lipinski definition) is 7. The van der Waals surface area contributed by atoms with Gasteiger partial charge in [-0.2, -0.15) is 21.6 Å². The highest BCUT2D eigenvalue weighted by molar-refractivity contribution is 7.93. The number of carbonyl (C=O) groups excluding carboxylic acids is 1. The van der Waals surface area contributed by atoms with E-state index in [0.717, 1.165) is 11.3 Å². The molecule has 188 valence electrons. The number of ether oxygens (including phenoxy) is 1. The van der Waals surface area contributed by atoms with Gasteiger partial charge < -0.3 is 9.57 Å². The number of thiophene rings is 1. The van der Waals surface area contributed by atoms with E-state index in [1.54, 1.807) is 17.2 Å². The molecule has 0 aliphatic carbocycles. The molecule has 0 amide bonds. The molecule has 1 aliphatic heterocycles. The Kier molecular flexibility index (Phi) is 7.83. The van der Waals surface area contributed by atoms with E-state index in [9.17, 15) is 26.4 Å². The van der Waals surface area contributed by atoms with Crippen LogP contribution in [0.5, 0.6) is 5.75 Å².